The maximum absolute atomic E-state index is 12.5. The van der Waals surface area contributed by atoms with Crippen LogP contribution in [0.15, 0.2) is 0 Å². The van der Waals surface area contributed by atoms with E-state index >= 15 is 0 Å². The van der Waals surface area contributed by atoms with Crippen molar-refractivity contribution in [3.8, 4) is 0 Å². The van der Waals surface area contributed by atoms with Gasteiger partial charge in [-0.05, 0) is 31.6 Å². The van der Waals surface area contributed by atoms with Gasteiger partial charge in [0.1, 0.15) is 0 Å². The maximum atomic E-state index is 12.5. The summed E-state index contributed by atoms with van der Waals surface area (Å²) in [6.45, 7) is 3.97. The molecule has 0 radical (unpaired) electrons. The maximum Gasteiger partial charge on any atom is 0.389 e. The third-order valence-corrected chi connectivity index (χ3v) is 4.44. The number of alkyl halides is 3. The van der Waals surface area contributed by atoms with E-state index in [2.05, 4.69) is 0 Å². The molecular weight excluding hydrogens is 273 g/mol. The summed E-state index contributed by atoms with van der Waals surface area (Å²) in [6, 6.07) is 0. The highest BCUT2D eigenvalue weighted by molar-refractivity contribution is 4.91. The molecule has 0 bridgehead atoms. The Kier molecular flexibility index (Phi) is 4.97. The normalized spacial score (nSPS) is 25.2. The molecule has 6 heteroatoms. The highest BCUT2D eigenvalue weighted by Gasteiger charge is 2.47. The fraction of sp³-hybridized carbons (Fsp3) is 1.00. The van der Waals surface area contributed by atoms with Crippen LogP contribution >= 0.6 is 0 Å². The monoisotopic (exact) mass is 296 g/mol. The van der Waals surface area contributed by atoms with Crippen LogP contribution in [0.2, 0.25) is 0 Å². The van der Waals surface area contributed by atoms with E-state index in [-0.39, 0.29) is 11.8 Å². The average molecular weight is 296 g/mol. The molecule has 3 nitrogen and oxygen atoms in total. The third kappa shape index (κ3) is 4.09. The predicted molar refractivity (Wildman–Crippen MR) is 67.3 cm³/mol. The summed E-state index contributed by atoms with van der Waals surface area (Å²) in [5.41, 5.74) is -0.383. The Hall–Kier alpha value is -0.330. The van der Waals surface area contributed by atoms with Crippen molar-refractivity contribution in [3.05, 3.63) is 0 Å². The van der Waals surface area contributed by atoms with Crippen LogP contribution in [0.1, 0.15) is 45.4 Å². The molecule has 20 heavy (non-hydrogen) atoms. The molecule has 1 heterocycles. The summed E-state index contributed by atoms with van der Waals surface area (Å²) < 4.78 is 54.2. The Morgan fingerprint density at radius 3 is 2.15 bits per heavy atom. The molecule has 0 aromatic heterocycles. The molecule has 0 amide bonds. The Morgan fingerprint density at radius 2 is 1.65 bits per heavy atom. The molecule has 118 valence electrons. The molecular formula is C14H23F3O3. The minimum Gasteiger partial charge on any atom is -0.381 e. The van der Waals surface area contributed by atoms with E-state index in [1.54, 1.807) is 0 Å². The van der Waals surface area contributed by atoms with Gasteiger partial charge in [0.15, 0.2) is 5.79 Å². The Labute approximate surface area is 117 Å². The lowest BCUT2D eigenvalue weighted by atomic mass is 9.69. The first-order valence-corrected chi connectivity index (χ1v) is 7.31. The van der Waals surface area contributed by atoms with Gasteiger partial charge < -0.3 is 14.2 Å². The van der Waals surface area contributed by atoms with Gasteiger partial charge in [0.05, 0.1) is 19.8 Å². The van der Waals surface area contributed by atoms with E-state index in [4.69, 9.17) is 14.2 Å². The Morgan fingerprint density at radius 1 is 1.05 bits per heavy atom. The largest absolute Gasteiger partial charge is 0.389 e. The average Bonchev–Trinajstić information content (AvgIpc) is 2.85. The Bertz CT molecular complexity index is 301. The van der Waals surface area contributed by atoms with Crippen LogP contribution in [0.3, 0.4) is 0 Å². The zero-order valence-electron chi connectivity index (χ0n) is 11.9. The van der Waals surface area contributed by atoms with Crippen molar-refractivity contribution in [2.45, 2.75) is 57.4 Å². The summed E-state index contributed by atoms with van der Waals surface area (Å²) in [7, 11) is 0. The van der Waals surface area contributed by atoms with Gasteiger partial charge in [-0.1, -0.05) is 0 Å². The number of rotatable bonds is 5. The summed E-state index contributed by atoms with van der Waals surface area (Å²) in [5, 5.41) is 0. The topological polar surface area (TPSA) is 27.7 Å². The molecule has 1 aliphatic carbocycles. The molecule has 1 saturated heterocycles. The van der Waals surface area contributed by atoms with Crippen LogP contribution in [-0.4, -0.2) is 38.4 Å². The number of hydrogen-bond donors (Lipinski definition) is 0. The molecule has 2 fully saturated rings. The number of ether oxygens (including phenoxy) is 3. The number of halogens is 3. The SMILES string of the molecule is CCOCC1(CCC(F)(F)F)CCC2(CC1)OCCO2. The van der Waals surface area contributed by atoms with Crippen LogP contribution in [0.25, 0.3) is 0 Å². The highest BCUT2D eigenvalue weighted by atomic mass is 19.4. The van der Waals surface area contributed by atoms with E-state index in [0.717, 1.165) is 0 Å². The summed E-state index contributed by atoms with van der Waals surface area (Å²) in [5.74, 6) is -0.534. The minimum absolute atomic E-state index is 0.132. The lowest BCUT2D eigenvalue weighted by Crippen LogP contribution is -2.42. The van der Waals surface area contributed by atoms with Crippen molar-refractivity contribution in [3.63, 3.8) is 0 Å². The molecule has 1 spiro atoms. The minimum atomic E-state index is -4.10. The van der Waals surface area contributed by atoms with Crippen LogP contribution in [0, 0.1) is 5.41 Å². The van der Waals surface area contributed by atoms with Crippen molar-refractivity contribution in [2.75, 3.05) is 26.4 Å². The van der Waals surface area contributed by atoms with Crippen LogP contribution in [-0.2, 0) is 14.2 Å². The molecule has 2 aliphatic rings. The fourth-order valence-electron chi connectivity index (χ4n) is 3.14. The van der Waals surface area contributed by atoms with Crippen molar-refractivity contribution in [1.29, 1.82) is 0 Å². The van der Waals surface area contributed by atoms with Crippen molar-refractivity contribution in [1.82, 2.24) is 0 Å². The van der Waals surface area contributed by atoms with Gasteiger partial charge in [0.2, 0.25) is 0 Å². The van der Waals surface area contributed by atoms with Gasteiger partial charge in [-0.3, -0.25) is 0 Å². The van der Waals surface area contributed by atoms with Crippen LogP contribution in [0.4, 0.5) is 13.2 Å². The predicted octanol–water partition coefficient (Wildman–Crippen LogP) is 3.67. The molecule has 1 aliphatic heterocycles. The summed E-state index contributed by atoms with van der Waals surface area (Å²) >= 11 is 0. The van der Waals surface area contributed by atoms with Crippen molar-refractivity contribution >= 4 is 0 Å². The zero-order valence-corrected chi connectivity index (χ0v) is 11.9. The first kappa shape index (κ1) is 16.0. The molecule has 0 unspecified atom stereocenters. The fourth-order valence-corrected chi connectivity index (χ4v) is 3.14. The van der Waals surface area contributed by atoms with E-state index < -0.39 is 18.4 Å². The highest BCUT2D eigenvalue weighted by Crippen LogP contribution is 2.48. The molecule has 1 saturated carbocycles. The third-order valence-electron chi connectivity index (χ3n) is 4.44. The number of hydrogen-bond acceptors (Lipinski definition) is 3. The summed E-state index contributed by atoms with van der Waals surface area (Å²) in [4.78, 5) is 0. The van der Waals surface area contributed by atoms with Crippen molar-refractivity contribution < 1.29 is 27.4 Å². The van der Waals surface area contributed by atoms with Crippen LogP contribution < -0.4 is 0 Å². The first-order valence-electron chi connectivity index (χ1n) is 7.31. The second kappa shape index (κ2) is 6.20. The smallest absolute Gasteiger partial charge is 0.381 e. The quantitative estimate of drug-likeness (QED) is 0.775. The summed E-state index contributed by atoms with van der Waals surface area (Å²) in [6.07, 6.45) is -2.04. The van der Waals surface area contributed by atoms with Gasteiger partial charge in [-0.15, -0.1) is 0 Å². The van der Waals surface area contributed by atoms with Gasteiger partial charge >= 0.3 is 6.18 Å². The van der Waals surface area contributed by atoms with Crippen molar-refractivity contribution in [2.24, 2.45) is 5.41 Å². The van der Waals surface area contributed by atoms with Gasteiger partial charge in [0, 0.05) is 25.9 Å². The van der Waals surface area contributed by atoms with Crippen LogP contribution in [0.5, 0.6) is 0 Å². The first-order chi connectivity index (χ1) is 9.39. The lowest BCUT2D eigenvalue weighted by Gasteiger charge is -2.43. The van der Waals surface area contributed by atoms with E-state index in [1.807, 2.05) is 6.92 Å². The molecule has 2 rings (SSSR count). The molecule has 0 N–H and O–H groups in total. The standard InChI is InChI=1S/C14H23F3O3/c1-2-18-11-12(5-8-14(15,16)17)3-6-13(7-4-12)19-9-10-20-13/h2-11H2,1H3. The Balaban J connectivity index is 1.94. The zero-order chi connectivity index (χ0) is 14.7. The second-order valence-electron chi connectivity index (χ2n) is 5.86. The second-order valence-corrected chi connectivity index (χ2v) is 5.86. The van der Waals surface area contributed by atoms with Gasteiger partial charge in [-0.2, -0.15) is 13.2 Å². The van der Waals surface area contributed by atoms with Gasteiger partial charge in [-0.25, -0.2) is 0 Å². The molecule has 0 atom stereocenters. The van der Waals surface area contributed by atoms with Gasteiger partial charge in [0.25, 0.3) is 0 Å². The van der Waals surface area contributed by atoms with E-state index in [1.165, 1.54) is 0 Å². The van der Waals surface area contributed by atoms with E-state index in [0.29, 0.717) is 52.1 Å². The molecule has 0 aromatic carbocycles. The lowest BCUT2D eigenvalue weighted by molar-refractivity contribution is -0.201. The van der Waals surface area contributed by atoms with E-state index in [9.17, 15) is 13.2 Å². The molecule has 0 aromatic rings.